The summed E-state index contributed by atoms with van der Waals surface area (Å²) in [5, 5.41) is 0.597. The first-order valence-electron chi connectivity index (χ1n) is 7.24. The van der Waals surface area contributed by atoms with Gasteiger partial charge in [-0.1, -0.05) is 6.92 Å². The van der Waals surface area contributed by atoms with E-state index >= 15 is 0 Å². The van der Waals surface area contributed by atoms with Gasteiger partial charge in [-0.2, -0.15) is 0 Å². The Kier molecular flexibility index (Phi) is 4.03. The van der Waals surface area contributed by atoms with E-state index < -0.39 is 6.10 Å². The Morgan fingerprint density at radius 3 is 3.10 bits per heavy atom. The van der Waals surface area contributed by atoms with E-state index in [-0.39, 0.29) is 17.4 Å². The van der Waals surface area contributed by atoms with E-state index in [9.17, 15) is 9.18 Å². The molecule has 0 spiro atoms. The zero-order chi connectivity index (χ0) is 14.8. The van der Waals surface area contributed by atoms with Crippen LogP contribution in [0.1, 0.15) is 23.9 Å². The summed E-state index contributed by atoms with van der Waals surface area (Å²) >= 11 is 0. The Bertz CT molecular complexity index is 650. The van der Waals surface area contributed by atoms with Gasteiger partial charge in [0.05, 0.1) is 6.61 Å². The van der Waals surface area contributed by atoms with Gasteiger partial charge in [-0.25, -0.2) is 4.39 Å². The van der Waals surface area contributed by atoms with Gasteiger partial charge < -0.3 is 9.15 Å². The van der Waals surface area contributed by atoms with Crippen LogP contribution < -0.4 is 0 Å². The number of carbonyl (C=O) groups excluding carboxylic acids is 1. The lowest BCUT2D eigenvalue weighted by molar-refractivity contribution is -0.0175. The van der Waals surface area contributed by atoms with Crippen molar-refractivity contribution in [3.63, 3.8) is 0 Å². The van der Waals surface area contributed by atoms with Gasteiger partial charge in [-0.05, 0) is 37.2 Å². The van der Waals surface area contributed by atoms with Crippen LogP contribution in [0.2, 0.25) is 0 Å². The number of nitrogens with zero attached hydrogens (tertiary/aromatic N) is 1. The van der Waals surface area contributed by atoms with E-state index in [1.807, 2.05) is 0 Å². The van der Waals surface area contributed by atoms with Crippen LogP contribution in [0, 0.1) is 5.82 Å². The fraction of sp³-hybridized carbons (Fsp3) is 0.438. The second-order valence-electron chi connectivity index (χ2n) is 5.32. The standard InChI is InChI=1S/C16H18FNO3/c1-2-5-18-6-7-20-15(10-18)16(19)14-9-11-8-12(17)3-4-13(11)21-14/h3-4,8-9,15H,2,5-7,10H2,1H3. The minimum absolute atomic E-state index is 0.174. The molecule has 1 unspecified atom stereocenters. The molecule has 0 radical (unpaired) electrons. The molecule has 2 heterocycles. The number of hydrogen-bond donors (Lipinski definition) is 0. The molecule has 3 rings (SSSR count). The number of halogens is 1. The normalized spacial score (nSPS) is 20.0. The van der Waals surface area contributed by atoms with Crippen LogP contribution in [0.15, 0.2) is 28.7 Å². The molecule has 0 aliphatic carbocycles. The summed E-state index contributed by atoms with van der Waals surface area (Å²) in [6, 6.07) is 5.80. The molecule has 0 saturated carbocycles. The molecular weight excluding hydrogens is 273 g/mol. The Balaban J connectivity index is 1.79. The van der Waals surface area contributed by atoms with Crippen molar-refractivity contribution in [1.29, 1.82) is 0 Å². The van der Waals surface area contributed by atoms with Gasteiger partial charge in [0, 0.05) is 18.5 Å². The number of Topliss-reactive ketones (excluding diaryl/α,β-unsaturated/α-hetero) is 1. The zero-order valence-electron chi connectivity index (χ0n) is 12.0. The predicted molar refractivity (Wildman–Crippen MR) is 77.0 cm³/mol. The van der Waals surface area contributed by atoms with Gasteiger partial charge in [0.2, 0.25) is 5.78 Å². The average molecular weight is 291 g/mol. The molecule has 2 aromatic rings. The van der Waals surface area contributed by atoms with Crippen LogP contribution >= 0.6 is 0 Å². The summed E-state index contributed by atoms with van der Waals surface area (Å²) in [4.78, 5) is 14.7. The maximum absolute atomic E-state index is 13.2. The summed E-state index contributed by atoms with van der Waals surface area (Å²) in [7, 11) is 0. The minimum atomic E-state index is -0.504. The lowest BCUT2D eigenvalue weighted by atomic mass is 10.1. The van der Waals surface area contributed by atoms with Gasteiger partial charge in [-0.15, -0.1) is 0 Å². The van der Waals surface area contributed by atoms with E-state index in [4.69, 9.17) is 9.15 Å². The lowest BCUT2D eigenvalue weighted by Gasteiger charge is -2.31. The maximum Gasteiger partial charge on any atom is 0.227 e. The highest BCUT2D eigenvalue weighted by Crippen LogP contribution is 2.22. The third kappa shape index (κ3) is 2.99. The molecule has 1 fully saturated rings. The Morgan fingerprint density at radius 1 is 1.43 bits per heavy atom. The molecule has 1 aliphatic heterocycles. The largest absolute Gasteiger partial charge is 0.453 e. The number of carbonyl (C=O) groups is 1. The fourth-order valence-electron chi connectivity index (χ4n) is 2.67. The molecule has 0 bridgehead atoms. The van der Waals surface area contributed by atoms with Crippen molar-refractivity contribution in [2.75, 3.05) is 26.2 Å². The number of morpholine rings is 1. The molecule has 1 saturated heterocycles. The third-order valence-corrected chi connectivity index (χ3v) is 3.70. The van der Waals surface area contributed by atoms with Crippen LogP contribution in [0.4, 0.5) is 4.39 Å². The lowest BCUT2D eigenvalue weighted by Crippen LogP contribution is -2.46. The molecule has 1 atom stereocenters. The van der Waals surface area contributed by atoms with Crippen LogP contribution in [-0.2, 0) is 4.74 Å². The van der Waals surface area contributed by atoms with Crippen molar-refractivity contribution in [2.24, 2.45) is 0 Å². The van der Waals surface area contributed by atoms with E-state index in [0.29, 0.717) is 24.1 Å². The number of ketones is 1. The highest BCUT2D eigenvalue weighted by molar-refractivity contribution is 6.00. The Labute approximate surface area is 122 Å². The molecule has 0 amide bonds. The molecule has 0 N–H and O–H groups in total. The van der Waals surface area contributed by atoms with Gasteiger partial charge in [-0.3, -0.25) is 9.69 Å². The summed E-state index contributed by atoms with van der Waals surface area (Å²) in [5.74, 6) is -0.281. The van der Waals surface area contributed by atoms with E-state index in [0.717, 1.165) is 19.5 Å². The smallest absolute Gasteiger partial charge is 0.227 e. The number of benzene rings is 1. The van der Waals surface area contributed by atoms with Crippen molar-refractivity contribution in [2.45, 2.75) is 19.4 Å². The quantitative estimate of drug-likeness (QED) is 0.812. The van der Waals surface area contributed by atoms with Crippen LogP contribution in [-0.4, -0.2) is 43.0 Å². The van der Waals surface area contributed by atoms with E-state index in [2.05, 4.69) is 11.8 Å². The molecule has 21 heavy (non-hydrogen) atoms. The predicted octanol–water partition coefficient (Wildman–Crippen LogP) is 2.87. The number of rotatable bonds is 4. The SMILES string of the molecule is CCCN1CCOC(C(=O)c2cc3cc(F)ccc3o2)C1. The summed E-state index contributed by atoms with van der Waals surface area (Å²) in [5.41, 5.74) is 0.515. The molecule has 1 aromatic heterocycles. The molecule has 4 nitrogen and oxygen atoms in total. The van der Waals surface area contributed by atoms with Crippen molar-refractivity contribution >= 4 is 16.8 Å². The second-order valence-corrected chi connectivity index (χ2v) is 5.32. The average Bonchev–Trinajstić information content (AvgIpc) is 2.90. The molecule has 5 heteroatoms. The Hall–Kier alpha value is -1.72. The van der Waals surface area contributed by atoms with Crippen LogP contribution in [0.25, 0.3) is 11.0 Å². The number of fused-ring (bicyclic) bond motifs is 1. The number of furan rings is 1. The molecular formula is C16H18FNO3. The second kappa shape index (κ2) is 5.95. The first kappa shape index (κ1) is 14.2. The molecule has 112 valence electrons. The number of hydrogen-bond acceptors (Lipinski definition) is 4. The summed E-state index contributed by atoms with van der Waals surface area (Å²) in [6.45, 7) is 5.05. The zero-order valence-corrected chi connectivity index (χ0v) is 12.0. The number of ether oxygens (including phenoxy) is 1. The first-order valence-corrected chi connectivity index (χ1v) is 7.24. The van der Waals surface area contributed by atoms with Gasteiger partial charge in [0.25, 0.3) is 0 Å². The molecule has 1 aromatic carbocycles. The van der Waals surface area contributed by atoms with Gasteiger partial charge >= 0.3 is 0 Å². The fourth-order valence-corrected chi connectivity index (χ4v) is 2.67. The van der Waals surface area contributed by atoms with Crippen LogP contribution in [0.3, 0.4) is 0 Å². The van der Waals surface area contributed by atoms with Gasteiger partial charge in [0.1, 0.15) is 17.5 Å². The maximum atomic E-state index is 13.2. The van der Waals surface area contributed by atoms with Crippen molar-refractivity contribution in [3.8, 4) is 0 Å². The molecule has 1 aliphatic rings. The van der Waals surface area contributed by atoms with Crippen molar-refractivity contribution in [3.05, 3.63) is 35.8 Å². The Morgan fingerprint density at radius 2 is 2.29 bits per heavy atom. The summed E-state index contributed by atoms with van der Waals surface area (Å²) < 4.78 is 24.3. The third-order valence-electron chi connectivity index (χ3n) is 3.70. The van der Waals surface area contributed by atoms with Crippen molar-refractivity contribution in [1.82, 2.24) is 4.90 Å². The highest BCUT2D eigenvalue weighted by Gasteiger charge is 2.29. The van der Waals surface area contributed by atoms with Crippen molar-refractivity contribution < 1.29 is 18.3 Å². The minimum Gasteiger partial charge on any atom is -0.453 e. The van der Waals surface area contributed by atoms with Crippen LogP contribution in [0.5, 0.6) is 0 Å². The monoisotopic (exact) mass is 291 g/mol. The van der Waals surface area contributed by atoms with E-state index in [1.54, 1.807) is 6.07 Å². The topological polar surface area (TPSA) is 42.7 Å². The summed E-state index contributed by atoms with van der Waals surface area (Å²) in [6.07, 6.45) is 0.542. The highest BCUT2D eigenvalue weighted by atomic mass is 19.1. The van der Waals surface area contributed by atoms with E-state index in [1.165, 1.54) is 18.2 Å². The van der Waals surface area contributed by atoms with Gasteiger partial charge in [0.15, 0.2) is 5.76 Å². The first-order chi connectivity index (χ1) is 10.2.